The molecule has 1 aromatic heterocycles. The monoisotopic (exact) mass is 200 g/mol. The SMILES string of the molecule is C/C=C(/O)c1c(Cl)c(C)nn1CC. The predicted molar refractivity (Wildman–Crippen MR) is 53.9 cm³/mol. The van der Waals surface area contributed by atoms with Crippen LogP contribution in [0.15, 0.2) is 6.08 Å². The van der Waals surface area contributed by atoms with E-state index in [1.54, 1.807) is 17.7 Å². The van der Waals surface area contributed by atoms with Crippen molar-refractivity contribution < 1.29 is 5.11 Å². The molecule has 0 radical (unpaired) electrons. The zero-order valence-electron chi connectivity index (χ0n) is 8.00. The van der Waals surface area contributed by atoms with Gasteiger partial charge < -0.3 is 5.11 Å². The second-order valence-electron chi connectivity index (χ2n) is 2.74. The molecule has 1 heterocycles. The first kappa shape index (κ1) is 10.1. The van der Waals surface area contributed by atoms with Gasteiger partial charge >= 0.3 is 0 Å². The minimum Gasteiger partial charge on any atom is -0.506 e. The molecule has 3 nitrogen and oxygen atoms in total. The highest BCUT2D eigenvalue weighted by Gasteiger charge is 2.14. The summed E-state index contributed by atoms with van der Waals surface area (Å²) in [6, 6.07) is 0. The van der Waals surface area contributed by atoms with Gasteiger partial charge in [-0.25, -0.2) is 0 Å². The summed E-state index contributed by atoms with van der Waals surface area (Å²) < 4.78 is 1.69. The van der Waals surface area contributed by atoms with E-state index >= 15 is 0 Å². The van der Waals surface area contributed by atoms with Crippen LogP contribution in [-0.2, 0) is 6.54 Å². The van der Waals surface area contributed by atoms with E-state index in [-0.39, 0.29) is 5.76 Å². The van der Waals surface area contributed by atoms with Crippen molar-refractivity contribution in [2.75, 3.05) is 0 Å². The number of nitrogens with zero attached hydrogens (tertiary/aromatic N) is 2. The molecule has 0 saturated heterocycles. The number of aliphatic hydroxyl groups excluding tert-OH is 1. The highest BCUT2D eigenvalue weighted by atomic mass is 35.5. The Kier molecular flexibility index (Phi) is 2.98. The van der Waals surface area contributed by atoms with Crippen LogP contribution in [0, 0.1) is 6.92 Å². The fraction of sp³-hybridized carbons (Fsp3) is 0.444. The van der Waals surface area contributed by atoms with Gasteiger partial charge in [0.25, 0.3) is 0 Å². The summed E-state index contributed by atoms with van der Waals surface area (Å²) in [7, 11) is 0. The molecule has 0 amide bonds. The van der Waals surface area contributed by atoms with Crippen molar-refractivity contribution in [1.29, 1.82) is 0 Å². The molecule has 0 fully saturated rings. The Hall–Kier alpha value is -0.960. The van der Waals surface area contributed by atoms with Crippen LogP contribution in [0.5, 0.6) is 0 Å². The number of halogens is 1. The van der Waals surface area contributed by atoms with E-state index in [0.29, 0.717) is 17.3 Å². The minimum absolute atomic E-state index is 0.174. The molecule has 0 saturated carbocycles. The predicted octanol–water partition coefficient (Wildman–Crippen LogP) is 2.78. The van der Waals surface area contributed by atoms with E-state index in [1.807, 2.05) is 13.8 Å². The van der Waals surface area contributed by atoms with Crippen molar-refractivity contribution in [3.63, 3.8) is 0 Å². The van der Waals surface area contributed by atoms with Gasteiger partial charge in [0.2, 0.25) is 0 Å². The minimum atomic E-state index is 0.174. The smallest absolute Gasteiger partial charge is 0.138 e. The molecule has 0 atom stereocenters. The summed E-state index contributed by atoms with van der Waals surface area (Å²) in [6.07, 6.45) is 1.61. The van der Waals surface area contributed by atoms with E-state index in [2.05, 4.69) is 5.10 Å². The maximum atomic E-state index is 9.55. The molecule has 0 spiro atoms. The van der Waals surface area contributed by atoms with Crippen LogP contribution < -0.4 is 0 Å². The highest BCUT2D eigenvalue weighted by molar-refractivity contribution is 6.32. The molecule has 13 heavy (non-hydrogen) atoms. The summed E-state index contributed by atoms with van der Waals surface area (Å²) in [5, 5.41) is 14.3. The Morgan fingerprint density at radius 3 is 2.77 bits per heavy atom. The van der Waals surface area contributed by atoms with E-state index in [4.69, 9.17) is 11.6 Å². The molecule has 1 aromatic rings. The number of hydrogen-bond donors (Lipinski definition) is 1. The first-order valence-electron chi connectivity index (χ1n) is 4.20. The number of aliphatic hydroxyl groups is 1. The van der Waals surface area contributed by atoms with Crippen molar-refractivity contribution in [1.82, 2.24) is 9.78 Å². The topological polar surface area (TPSA) is 38.1 Å². The maximum absolute atomic E-state index is 9.55. The fourth-order valence-corrected chi connectivity index (χ4v) is 1.40. The third-order valence-electron chi connectivity index (χ3n) is 1.87. The lowest BCUT2D eigenvalue weighted by atomic mass is 10.3. The van der Waals surface area contributed by atoms with Crippen molar-refractivity contribution in [2.45, 2.75) is 27.3 Å². The zero-order valence-corrected chi connectivity index (χ0v) is 8.76. The van der Waals surface area contributed by atoms with Crippen LogP contribution in [0.25, 0.3) is 5.76 Å². The summed E-state index contributed by atoms with van der Waals surface area (Å²) in [5.74, 6) is 0.174. The Labute approximate surface area is 82.6 Å². The van der Waals surface area contributed by atoms with Gasteiger partial charge in [0.05, 0.1) is 10.7 Å². The van der Waals surface area contributed by atoms with Crippen molar-refractivity contribution >= 4 is 17.4 Å². The van der Waals surface area contributed by atoms with Gasteiger partial charge in [0.15, 0.2) is 0 Å². The van der Waals surface area contributed by atoms with Crippen LogP contribution in [-0.4, -0.2) is 14.9 Å². The van der Waals surface area contributed by atoms with Crippen LogP contribution in [0.2, 0.25) is 5.02 Å². The quantitative estimate of drug-likeness (QED) is 0.746. The van der Waals surface area contributed by atoms with Crippen LogP contribution in [0.1, 0.15) is 25.2 Å². The summed E-state index contributed by atoms with van der Waals surface area (Å²) in [6.45, 7) is 6.23. The van der Waals surface area contributed by atoms with Crippen molar-refractivity contribution in [2.24, 2.45) is 0 Å². The Balaban J connectivity index is 3.32. The fourth-order valence-electron chi connectivity index (χ4n) is 1.17. The number of allylic oxidation sites excluding steroid dienone is 1. The summed E-state index contributed by atoms with van der Waals surface area (Å²) in [5.41, 5.74) is 1.34. The van der Waals surface area contributed by atoms with Gasteiger partial charge in [-0.05, 0) is 26.8 Å². The zero-order chi connectivity index (χ0) is 10.0. The number of aromatic nitrogens is 2. The van der Waals surface area contributed by atoms with Crippen molar-refractivity contribution in [3.8, 4) is 0 Å². The van der Waals surface area contributed by atoms with E-state index < -0.39 is 0 Å². The molecule has 0 bridgehead atoms. The van der Waals surface area contributed by atoms with Crippen molar-refractivity contribution in [3.05, 3.63) is 22.5 Å². The third-order valence-corrected chi connectivity index (χ3v) is 2.32. The second-order valence-corrected chi connectivity index (χ2v) is 3.12. The molecule has 72 valence electrons. The Bertz CT molecular complexity index is 342. The van der Waals surface area contributed by atoms with E-state index in [1.165, 1.54) is 0 Å². The molecule has 1 rings (SSSR count). The Morgan fingerprint density at radius 2 is 2.31 bits per heavy atom. The summed E-state index contributed by atoms with van der Waals surface area (Å²) >= 11 is 5.98. The number of hydrogen-bond acceptors (Lipinski definition) is 2. The molecule has 0 aromatic carbocycles. The number of aryl methyl sites for hydroxylation is 2. The second kappa shape index (κ2) is 3.83. The summed E-state index contributed by atoms with van der Waals surface area (Å²) in [4.78, 5) is 0. The molecule has 0 unspecified atom stereocenters. The van der Waals surface area contributed by atoms with E-state index in [0.717, 1.165) is 5.69 Å². The first-order valence-corrected chi connectivity index (χ1v) is 4.58. The normalized spacial score (nSPS) is 12.2. The van der Waals surface area contributed by atoms with E-state index in [9.17, 15) is 5.11 Å². The largest absolute Gasteiger partial charge is 0.506 e. The third kappa shape index (κ3) is 1.70. The van der Waals surface area contributed by atoms with Gasteiger partial charge in [-0.3, -0.25) is 4.68 Å². The van der Waals surface area contributed by atoms with Crippen LogP contribution in [0.3, 0.4) is 0 Å². The van der Waals surface area contributed by atoms with Gasteiger partial charge in [-0.1, -0.05) is 11.6 Å². The molecule has 0 aliphatic carbocycles. The maximum Gasteiger partial charge on any atom is 0.138 e. The van der Waals surface area contributed by atoms with Crippen LogP contribution in [0.4, 0.5) is 0 Å². The van der Waals surface area contributed by atoms with Gasteiger partial charge in [-0.15, -0.1) is 0 Å². The number of rotatable bonds is 2. The van der Waals surface area contributed by atoms with Gasteiger partial charge in [-0.2, -0.15) is 5.10 Å². The highest BCUT2D eigenvalue weighted by Crippen LogP contribution is 2.25. The molecule has 0 aliphatic heterocycles. The van der Waals surface area contributed by atoms with Gasteiger partial charge in [0, 0.05) is 6.54 Å². The lowest BCUT2D eigenvalue weighted by Gasteiger charge is -2.02. The molecule has 0 aliphatic rings. The standard InChI is InChI=1S/C9H13ClN2O/c1-4-7(13)9-8(10)6(3)11-12(9)5-2/h4,13H,5H2,1-3H3/b7-4+. The lowest BCUT2D eigenvalue weighted by molar-refractivity contribution is 0.494. The Morgan fingerprint density at radius 1 is 1.69 bits per heavy atom. The average molecular weight is 201 g/mol. The van der Waals surface area contributed by atoms with Crippen LogP contribution >= 0.6 is 11.6 Å². The molecular weight excluding hydrogens is 188 g/mol. The first-order chi connectivity index (χ1) is 6.11. The van der Waals surface area contributed by atoms with Gasteiger partial charge in [0.1, 0.15) is 11.5 Å². The molecular formula is C9H13ClN2O. The lowest BCUT2D eigenvalue weighted by Crippen LogP contribution is -2.02. The molecule has 4 heteroatoms. The average Bonchev–Trinajstić information content (AvgIpc) is 2.42. The molecule has 1 N–H and O–H groups in total.